The molecular formula is C34H41FN2O4. The van der Waals surface area contributed by atoms with Gasteiger partial charge in [0.2, 0.25) is 5.88 Å². The van der Waals surface area contributed by atoms with E-state index < -0.39 is 11.9 Å². The first-order valence-electron chi connectivity index (χ1n) is 15.0. The van der Waals surface area contributed by atoms with Crippen molar-refractivity contribution in [3.8, 4) is 22.8 Å². The number of hydrogen-bond acceptors (Lipinski definition) is 5. The van der Waals surface area contributed by atoms with Crippen LogP contribution in [0.1, 0.15) is 80.2 Å². The molecule has 1 saturated heterocycles. The van der Waals surface area contributed by atoms with Gasteiger partial charge in [-0.1, -0.05) is 62.9 Å². The first-order valence-corrected chi connectivity index (χ1v) is 15.0. The van der Waals surface area contributed by atoms with Crippen molar-refractivity contribution in [2.24, 2.45) is 5.92 Å². The van der Waals surface area contributed by atoms with E-state index in [4.69, 9.17) is 9.47 Å². The SMILES string of the molecule is C1CC1.COc1cc(-c2ccc(C3CCc4ccc(CC(C)C(=O)O)cc4O3)cc2CN2CCCCC2)c(F)cn1. The zero-order valence-electron chi connectivity index (χ0n) is 24.2. The summed E-state index contributed by atoms with van der Waals surface area (Å²) in [6.07, 6.45) is 11.4. The number of aliphatic carboxylic acids is 1. The van der Waals surface area contributed by atoms with Crippen molar-refractivity contribution in [2.45, 2.75) is 77.4 Å². The number of carboxylic acid groups (broad SMARTS) is 1. The van der Waals surface area contributed by atoms with E-state index in [1.165, 1.54) is 51.8 Å². The van der Waals surface area contributed by atoms with Gasteiger partial charge in [-0.25, -0.2) is 9.37 Å². The molecule has 0 bridgehead atoms. The summed E-state index contributed by atoms with van der Waals surface area (Å²) < 4.78 is 26.7. The van der Waals surface area contributed by atoms with Gasteiger partial charge >= 0.3 is 5.97 Å². The van der Waals surface area contributed by atoms with E-state index in [1.807, 2.05) is 24.3 Å². The lowest BCUT2D eigenvalue weighted by Crippen LogP contribution is -2.29. The molecule has 41 heavy (non-hydrogen) atoms. The van der Waals surface area contributed by atoms with Gasteiger partial charge in [-0.05, 0) is 79.1 Å². The summed E-state index contributed by atoms with van der Waals surface area (Å²) in [6.45, 7) is 4.54. The normalized spacial score (nSPS) is 18.8. The van der Waals surface area contributed by atoms with Crippen LogP contribution in [0.3, 0.4) is 0 Å². The largest absolute Gasteiger partial charge is 0.485 e. The molecule has 2 unspecified atom stereocenters. The quantitative estimate of drug-likeness (QED) is 0.310. The third-order valence-corrected chi connectivity index (χ3v) is 8.07. The van der Waals surface area contributed by atoms with Gasteiger partial charge in [-0.3, -0.25) is 9.69 Å². The van der Waals surface area contributed by atoms with Gasteiger partial charge in [0.25, 0.3) is 0 Å². The number of rotatable bonds is 8. The lowest BCUT2D eigenvalue weighted by Gasteiger charge is -2.30. The van der Waals surface area contributed by atoms with Crippen molar-refractivity contribution in [3.63, 3.8) is 0 Å². The molecule has 1 N–H and O–H groups in total. The summed E-state index contributed by atoms with van der Waals surface area (Å²) in [5.41, 5.74) is 5.57. The third-order valence-electron chi connectivity index (χ3n) is 8.07. The number of pyridine rings is 1. The van der Waals surface area contributed by atoms with Crippen LogP contribution in [-0.4, -0.2) is 41.2 Å². The number of nitrogens with zero attached hydrogens (tertiary/aromatic N) is 2. The number of carboxylic acids is 1. The van der Waals surface area contributed by atoms with Crippen LogP contribution in [0.15, 0.2) is 48.7 Å². The van der Waals surface area contributed by atoms with Crippen molar-refractivity contribution in [1.82, 2.24) is 9.88 Å². The lowest BCUT2D eigenvalue weighted by molar-refractivity contribution is -0.141. The van der Waals surface area contributed by atoms with Gasteiger partial charge < -0.3 is 14.6 Å². The number of aryl methyl sites for hydroxylation is 1. The Bertz CT molecular complexity index is 1350. The first-order chi connectivity index (χ1) is 19.9. The highest BCUT2D eigenvalue weighted by molar-refractivity contribution is 5.70. The summed E-state index contributed by atoms with van der Waals surface area (Å²) in [5.74, 6) is -0.419. The van der Waals surface area contributed by atoms with E-state index in [-0.39, 0.29) is 11.9 Å². The molecule has 6 nitrogen and oxygen atoms in total. The predicted octanol–water partition coefficient (Wildman–Crippen LogP) is 7.38. The molecule has 0 spiro atoms. The molecule has 2 aliphatic heterocycles. The molecule has 1 aromatic heterocycles. The number of ether oxygens (including phenoxy) is 2. The fourth-order valence-electron chi connectivity index (χ4n) is 5.52. The van der Waals surface area contributed by atoms with Crippen LogP contribution in [-0.2, 0) is 24.2 Å². The van der Waals surface area contributed by atoms with Gasteiger partial charge in [-0.2, -0.15) is 0 Å². The second-order valence-corrected chi connectivity index (χ2v) is 11.6. The van der Waals surface area contributed by atoms with Crippen LogP contribution in [0.25, 0.3) is 11.1 Å². The van der Waals surface area contributed by atoms with E-state index in [0.29, 0.717) is 17.9 Å². The topological polar surface area (TPSA) is 71.9 Å². The number of aromatic nitrogens is 1. The standard InChI is InChI=1S/C31H35FN2O4.C3H6/c1-20(31(35)36)14-21-6-7-22-9-11-28(38-29(22)15-21)23-8-10-25(26-17-30(37-2)33-18-27(26)32)24(16-23)19-34-12-4-3-5-13-34;1-2-3-1/h6-8,10,15-18,20,28H,3-5,9,11-14,19H2,1-2H3,(H,35,36);1-3H2. The molecule has 2 fully saturated rings. The molecule has 6 rings (SSSR count). The maximum atomic E-state index is 15.0. The van der Waals surface area contributed by atoms with Crippen molar-refractivity contribution >= 4 is 5.97 Å². The molecule has 0 radical (unpaired) electrons. The maximum absolute atomic E-state index is 15.0. The summed E-state index contributed by atoms with van der Waals surface area (Å²) in [7, 11) is 1.54. The molecule has 218 valence electrons. The van der Waals surface area contributed by atoms with Crippen LogP contribution in [0.2, 0.25) is 0 Å². The van der Waals surface area contributed by atoms with Crippen LogP contribution >= 0.6 is 0 Å². The molecule has 7 heteroatoms. The van der Waals surface area contributed by atoms with Gasteiger partial charge in [0.1, 0.15) is 17.7 Å². The molecule has 3 heterocycles. The maximum Gasteiger partial charge on any atom is 0.306 e. The minimum Gasteiger partial charge on any atom is -0.485 e. The summed E-state index contributed by atoms with van der Waals surface area (Å²) in [4.78, 5) is 17.8. The van der Waals surface area contributed by atoms with Crippen LogP contribution < -0.4 is 9.47 Å². The van der Waals surface area contributed by atoms with Crippen molar-refractivity contribution in [1.29, 1.82) is 0 Å². The van der Waals surface area contributed by atoms with Gasteiger partial charge in [0, 0.05) is 18.2 Å². The Balaban J connectivity index is 0.00000106. The highest BCUT2D eigenvalue weighted by Gasteiger charge is 2.25. The van der Waals surface area contributed by atoms with Gasteiger partial charge in [0.05, 0.1) is 19.2 Å². The fraction of sp³-hybridized carbons (Fsp3) is 0.471. The zero-order valence-corrected chi connectivity index (χ0v) is 24.2. The van der Waals surface area contributed by atoms with Crippen LogP contribution in [0.4, 0.5) is 4.39 Å². The highest BCUT2D eigenvalue weighted by atomic mass is 19.1. The number of methoxy groups -OCH3 is 1. The summed E-state index contributed by atoms with van der Waals surface area (Å²) in [5, 5.41) is 9.30. The Labute approximate surface area is 242 Å². The Kier molecular flexibility index (Phi) is 9.55. The Morgan fingerprint density at radius 1 is 1.07 bits per heavy atom. The molecular weight excluding hydrogens is 519 g/mol. The second kappa shape index (κ2) is 13.5. The minimum atomic E-state index is -0.800. The lowest BCUT2D eigenvalue weighted by atomic mass is 9.91. The number of fused-ring (bicyclic) bond motifs is 1. The van der Waals surface area contributed by atoms with Gasteiger partial charge in [0.15, 0.2) is 0 Å². The second-order valence-electron chi connectivity index (χ2n) is 11.6. The van der Waals surface area contributed by atoms with Crippen molar-refractivity contribution in [3.05, 3.63) is 76.7 Å². The summed E-state index contributed by atoms with van der Waals surface area (Å²) in [6, 6.07) is 13.9. The number of halogens is 1. The average Bonchev–Trinajstić information content (AvgIpc) is 3.88. The number of likely N-dealkylation sites (tertiary alicyclic amines) is 1. The van der Waals surface area contributed by atoms with E-state index in [0.717, 1.165) is 66.0 Å². The molecule has 3 aromatic rings. The molecule has 3 aliphatic rings. The number of benzene rings is 2. The number of piperidine rings is 1. The molecule has 2 aromatic carbocycles. The van der Waals surface area contributed by atoms with Crippen LogP contribution in [0.5, 0.6) is 11.6 Å². The highest BCUT2D eigenvalue weighted by Crippen LogP contribution is 2.38. The minimum absolute atomic E-state index is 0.124. The Hall–Kier alpha value is -3.45. The van der Waals surface area contributed by atoms with Crippen molar-refractivity contribution < 1.29 is 23.8 Å². The Morgan fingerprint density at radius 3 is 2.54 bits per heavy atom. The third kappa shape index (κ3) is 7.64. The monoisotopic (exact) mass is 560 g/mol. The Morgan fingerprint density at radius 2 is 1.83 bits per heavy atom. The predicted molar refractivity (Wildman–Crippen MR) is 158 cm³/mol. The van der Waals surface area contributed by atoms with E-state index in [9.17, 15) is 14.3 Å². The van der Waals surface area contributed by atoms with E-state index in [2.05, 4.69) is 22.0 Å². The fourth-order valence-corrected chi connectivity index (χ4v) is 5.52. The molecule has 1 saturated carbocycles. The number of hydrogen-bond donors (Lipinski definition) is 1. The van der Waals surface area contributed by atoms with Crippen molar-refractivity contribution in [2.75, 3.05) is 20.2 Å². The molecule has 0 amide bonds. The van der Waals surface area contributed by atoms with E-state index in [1.54, 1.807) is 13.0 Å². The molecule has 2 atom stereocenters. The summed E-state index contributed by atoms with van der Waals surface area (Å²) >= 11 is 0. The van der Waals surface area contributed by atoms with Gasteiger partial charge in [-0.15, -0.1) is 0 Å². The van der Waals surface area contributed by atoms with Crippen LogP contribution in [0, 0.1) is 11.7 Å². The van der Waals surface area contributed by atoms with E-state index >= 15 is 0 Å². The zero-order chi connectivity index (χ0) is 28.8. The number of carbonyl (C=O) groups is 1. The average molecular weight is 561 g/mol. The first kappa shape index (κ1) is 29.1. The molecule has 1 aliphatic carbocycles. The smallest absolute Gasteiger partial charge is 0.306 e.